The Hall–Kier alpha value is -3.40. The maximum Gasteiger partial charge on any atom is 0.262 e. The van der Waals surface area contributed by atoms with Crippen LogP contribution >= 0.6 is 0 Å². The normalized spacial score (nSPS) is 10.2. The van der Waals surface area contributed by atoms with Gasteiger partial charge in [-0.15, -0.1) is 0 Å². The monoisotopic (exact) mass is 345 g/mol. The minimum atomic E-state index is -0.238. The molecule has 0 aromatic heterocycles. The Labute approximate surface area is 152 Å². The van der Waals surface area contributed by atoms with Gasteiger partial charge in [-0.25, -0.2) is 0 Å². The second-order valence-corrected chi connectivity index (χ2v) is 5.92. The summed E-state index contributed by atoms with van der Waals surface area (Å²) in [4.78, 5) is 24.3. The first-order chi connectivity index (χ1) is 12.6. The first-order valence-corrected chi connectivity index (χ1v) is 8.31. The third-order valence-electron chi connectivity index (χ3n) is 3.86. The van der Waals surface area contributed by atoms with Gasteiger partial charge in [0.05, 0.1) is 0 Å². The molecule has 0 aliphatic rings. The van der Waals surface area contributed by atoms with Crippen LogP contribution in [0.4, 0.5) is 5.69 Å². The van der Waals surface area contributed by atoms with E-state index in [1.54, 1.807) is 36.4 Å². The third kappa shape index (κ3) is 4.57. The lowest BCUT2D eigenvalue weighted by atomic mass is 10.0. The molecule has 0 fully saturated rings. The van der Waals surface area contributed by atoms with Gasteiger partial charge < -0.3 is 10.1 Å². The third-order valence-corrected chi connectivity index (χ3v) is 3.86. The Morgan fingerprint density at radius 2 is 1.42 bits per heavy atom. The van der Waals surface area contributed by atoms with Crippen LogP contribution < -0.4 is 10.1 Å². The lowest BCUT2D eigenvalue weighted by molar-refractivity contribution is -0.118. The van der Waals surface area contributed by atoms with Crippen LogP contribution in [-0.4, -0.2) is 18.3 Å². The van der Waals surface area contributed by atoms with Crippen molar-refractivity contribution in [2.45, 2.75) is 6.92 Å². The Kier molecular flexibility index (Phi) is 5.44. The van der Waals surface area contributed by atoms with Crippen LogP contribution in [0, 0.1) is 6.92 Å². The highest BCUT2D eigenvalue weighted by molar-refractivity contribution is 6.09. The number of anilines is 1. The van der Waals surface area contributed by atoms with Gasteiger partial charge in [-0.3, -0.25) is 9.59 Å². The SMILES string of the molecule is Cc1ccc(NC(=O)COc2ccc(C(=O)c3ccccc3)cc2)cc1. The molecule has 3 aromatic carbocycles. The lowest BCUT2D eigenvalue weighted by Crippen LogP contribution is -2.20. The van der Waals surface area contributed by atoms with Gasteiger partial charge in [-0.1, -0.05) is 48.0 Å². The van der Waals surface area contributed by atoms with Crippen molar-refractivity contribution in [3.05, 3.63) is 95.6 Å². The number of nitrogens with one attached hydrogen (secondary N) is 1. The summed E-state index contributed by atoms with van der Waals surface area (Å²) in [5, 5.41) is 2.77. The zero-order valence-corrected chi connectivity index (χ0v) is 14.4. The molecule has 0 aliphatic heterocycles. The average molecular weight is 345 g/mol. The summed E-state index contributed by atoms with van der Waals surface area (Å²) in [6, 6.07) is 23.4. The van der Waals surface area contributed by atoms with Crippen molar-refractivity contribution in [3.63, 3.8) is 0 Å². The van der Waals surface area contributed by atoms with Crippen LogP contribution in [0.15, 0.2) is 78.9 Å². The Morgan fingerprint density at radius 1 is 0.808 bits per heavy atom. The van der Waals surface area contributed by atoms with Crippen molar-refractivity contribution in [1.82, 2.24) is 0 Å². The van der Waals surface area contributed by atoms with Crippen LogP contribution in [0.5, 0.6) is 5.75 Å². The Morgan fingerprint density at radius 3 is 2.08 bits per heavy atom. The van der Waals surface area contributed by atoms with E-state index in [1.807, 2.05) is 49.4 Å². The molecule has 3 rings (SSSR count). The van der Waals surface area contributed by atoms with Crippen LogP contribution in [0.3, 0.4) is 0 Å². The number of benzene rings is 3. The molecular formula is C22H19NO3. The number of hydrogen-bond acceptors (Lipinski definition) is 3. The van der Waals surface area contributed by atoms with Crippen molar-refractivity contribution in [3.8, 4) is 5.75 Å². The van der Waals surface area contributed by atoms with Crippen molar-refractivity contribution in [2.75, 3.05) is 11.9 Å². The van der Waals surface area contributed by atoms with E-state index in [9.17, 15) is 9.59 Å². The molecule has 0 saturated heterocycles. The molecule has 0 atom stereocenters. The van der Waals surface area contributed by atoms with Gasteiger partial charge in [0, 0.05) is 16.8 Å². The van der Waals surface area contributed by atoms with E-state index in [-0.39, 0.29) is 18.3 Å². The fourth-order valence-electron chi connectivity index (χ4n) is 2.44. The number of ketones is 1. The van der Waals surface area contributed by atoms with E-state index < -0.39 is 0 Å². The number of carbonyl (C=O) groups excluding carboxylic acids is 2. The van der Waals surface area contributed by atoms with E-state index in [4.69, 9.17) is 4.74 Å². The quantitative estimate of drug-likeness (QED) is 0.680. The van der Waals surface area contributed by atoms with Crippen molar-refractivity contribution in [2.24, 2.45) is 0 Å². The molecule has 1 amide bonds. The van der Waals surface area contributed by atoms with Crippen LogP contribution in [0.2, 0.25) is 0 Å². The van der Waals surface area contributed by atoms with Crippen LogP contribution in [0.25, 0.3) is 0 Å². The van der Waals surface area contributed by atoms with Gasteiger partial charge >= 0.3 is 0 Å². The predicted molar refractivity (Wildman–Crippen MR) is 102 cm³/mol. The molecule has 4 nitrogen and oxygen atoms in total. The van der Waals surface area contributed by atoms with Gasteiger partial charge in [0.2, 0.25) is 0 Å². The number of amides is 1. The maximum atomic E-state index is 12.3. The molecule has 0 aliphatic carbocycles. The van der Waals surface area contributed by atoms with Crippen molar-refractivity contribution < 1.29 is 14.3 Å². The molecular weight excluding hydrogens is 326 g/mol. The standard InChI is InChI=1S/C22H19NO3/c1-16-7-11-19(12-8-16)23-21(24)15-26-20-13-9-18(10-14-20)22(25)17-5-3-2-4-6-17/h2-14H,15H2,1H3,(H,23,24). The Balaban J connectivity index is 1.55. The largest absolute Gasteiger partial charge is 0.484 e. The van der Waals surface area contributed by atoms with E-state index in [0.717, 1.165) is 11.3 Å². The maximum absolute atomic E-state index is 12.3. The second-order valence-electron chi connectivity index (χ2n) is 5.92. The molecule has 0 radical (unpaired) electrons. The number of hydrogen-bond donors (Lipinski definition) is 1. The van der Waals surface area contributed by atoms with Gasteiger partial charge in [0.25, 0.3) is 5.91 Å². The van der Waals surface area contributed by atoms with E-state index >= 15 is 0 Å². The van der Waals surface area contributed by atoms with E-state index in [1.165, 1.54) is 0 Å². The summed E-state index contributed by atoms with van der Waals surface area (Å²) < 4.78 is 5.48. The summed E-state index contributed by atoms with van der Waals surface area (Å²) >= 11 is 0. The zero-order chi connectivity index (χ0) is 18.4. The van der Waals surface area contributed by atoms with Gasteiger partial charge in [0.1, 0.15) is 5.75 Å². The lowest BCUT2D eigenvalue weighted by Gasteiger charge is -2.08. The topological polar surface area (TPSA) is 55.4 Å². The summed E-state index contributed by atoms with van der Waals surface area (Å²) in [6.45, 7) is 1.89. The number of carbonyl (C=O) groups is 2. The van der Waals surface area contributed by atoms with E-state index in [0.29, 0.717) is 16.9 Å². The summed E-state index contributed by atoms with van der Waals surface area (Å²) in [6.07, 6.45) is 0. The molecule has 130 valence electrons. The molecule has 26 heavy (non-hydrogen) atoms. The molecule has 1 N–H and O–H groups in total. The zero-order valence-electron chi connectivity index (χ0n) is 14.4. The van der Waals surface area contributed by atoms with Gasteiger partial charge in [-0.05, 0) is 43.3 Å². The number of ether oxygens (including phenoxy) is 1. The first kappa shape index (κ1) is 17.4. The van der Waals surface area contributed by atoms with Crippen molar-refractivity contribution in [1.29, 1.82) is 0 Å². The molecule has 0 unspecified atom stereocenters. The fraction of sp³-hybridized carbons (Fsp3) is 0.0909. The number of rotatable bonds is 6. The first-order valence-electron chi connectivity index (χ1n) is 8.31. The van der Waals surface area contributed by atoms with E-state index in [2.05, 4.69) is 5.32 Å². The van der Waals surface area contributed by atoms with Crippen LogP contribution in [-0.2, 0) is 4.79 Å². The highest BCUT2D eigenvalue weighted by Gasteiger charge is 2.09. The molecule has 0 heterocycles. The predicted octanol–water partition coefficient (Wildman–Crippen LogP) is 4.24. The molecule has 4 heteroatoms. The molecule has 0 bridgehead atoms. The average Bonchev–Trinajstić information content (AvgIpc) is 2.69. The minimum Gasteiger partial charge on any atom is -0.484 e. The summed E-state index contributed by atoms with van der Waals surface area (Å²) in [5.74, 6) is 0.251. The van der Waals surface area contributed by atoms with Gasteiger partial charge in [0.15, 0.2) is 12.4 Å². The van der Waals surface area contributed by atoms with Gasteiger partial charge in [-0.2, -0.15) is 0 Å². The summed E-state index contributed by atoms with van der Waals surface area (Å²) in [5.41, 5.74) is 3.07. The minimum absolute atomic E-state index is 0.0470. The smallest absolute Gasteiger partial charge is 0.262 e. The van der Waals surface area contributed by atoms with Crippen molar-refractivity contribution >= 4 is 17.4 Å². The summed E-state index contributed by atoms with van der Waals surface area (Å²) in [7, 11) is 0. The molecule has 0 saturated carbocycles. The second kappa shape index (κ2) is 8.12. The molecule has 3 aromatic rings. The highest BCUT2D eigenvalue weighted by atomic mass is 16.5. The fourth-order valence-corrected chi connectivity index (χ4v) is 2.44. The Bertz CT molecular complexity index is 885. The van der Waals surface area contributed by atoms with Crippen LogP contribution in [0.1, 0.15) is 21.5 Å². The highest BCUT2D eigenvalue weighted by Crippen LogP contribution is 2.16. The molecule has 0 spiro atoms. The number of aryl methyl sites for hydroxylation is 1.